The Bertz CT molecular complexity index is 3090. The van der Waals surface area contributed by atoms with Crippen molar-refractivity contribution in [1.29, 1.82) is 0 Å². The normalized spacial score (nSPS) is 14.8. The summed E-state index contributed by atoms with van der Waals surface area (Å²) in [5.41, 5.74) is 5.41. The second-order valence-corrected chi connectivity index (χ2v) is 39.8. The van der Waals surface area contributed by atoms with E-state index in [2.05, 4.69) is 85.9 Å². The fraction of sp³-hybridized carbons (Fsp3) is 0.819. The van der Waals surface area contributed by atoms with Crippen molar-refractivity contribution in [2.45, 2.75) is 402 Å². The van der Waals surface area contributed by atoms with Gasteiger partial charge in [0.25, 0.3) is 0 Å². The molecule has 0 radical (unpaired) electrons. The van der Waals surface area contributed by atoms with E-state index in [1.807, 2.05) is 6.92 Å². The molecule has 0 fully saturated rings. The molecule has 0 heterocycles. The smallest absolute Gasteiger partial charge is 0.462 e. The third-order valence-corrected chi connectivity index (χ3v) is 25.6. The highest BCUT2D eigenvalue weighted by Gasteiger charge is 2.35. The molecule has 40 heteroatoms. The Hall–Kier alpha value is -5.61. The highest BCUT2D eigenvalue weighted by atomic mass is 31.2. The first-order valence-electron chi connectivity index (χ1n) is 49.1. The fourth-order valence-electron chi connectivity index (χ4n) is 13.8. The standard InChI is InChI=1S/C47H88N4O15P2.C24H46NO7P.C23H45N2O7P/c1-9-13-15-17-19-21-23-25-27-45(65-41(7)54)35-43(50-39(5)52)37-63-67(57,59-31-11-3)61-33-29-48-47(56)49-30-34-62-68(58,60-32-12-4)64-38-44(51-40(6)53)36-46(66-42(8)55)28-26-24-22-20-18-16-14-10-2;1-6-9-10-11-12-13-14-15-16-24(32-22(5)27)19-23(25-21(4)26)20-31-33(28,29-17-7-2)30-18-8-3;1-5-7-8-9-10-11-12-13-14-23(32-21(4)27)18-22(25-20(3)26)19-31-33(28,29-16-6-2)30-17-15-24/h11-12,43-46H,3-4,9-10,13-38H2,1-2,5-8H3,(H,50,52)(H,51,53)(H2,48,49,56);7,23-24H,2,6,8-20H2,1,3-5H3,(H,25,26);6,22-23H,2,5,7-19,24H2,1,3-4H3,(H,25,26). The number of unbranched alkanes of at least 4 members (excludes halogenated alkanes) is 28. The monoisotopic (exact) mass is 1990 g/mol. The molecule has 36 nitrogen and oxygen atoms in total. The van der Waals surface area contributed by atoms with E-state index in [1.165, 1.54) is 195 Å². The van der Waals surface area contributed by atoms with Gasteiger partial charge in [0.1, 0.15) is 24.4 Å². The Morgan fingerprint density at radius 1 is 0.276 bits per heavy atom. The van der Waals surface area contributed by atoms with Crippen LogP contribution in [0.4, 0.5) is 4.79 Å². The van der Waals surface area contributed by atoms with E-state index in [0.717, 1.165) is 89.9 Å². The van der Waals surface area contributed by atoms with Crippen molar-refractivity contribution < 1.29 is 135 Å². The van der Waals surface area contributed by atoms with Crippen molar-refractivity contribution in [3.63, 3.8) is 0 Å². The molecule has 0 aromatic heterocycles. The van der Waals surface area contributed by atoms with Crippen molar-refractivity contribution in [3.8, 4) is 0 Å². The van der Waals surface area contributed by atoms with E-state index in [1.54, 1.807) is 0 Å². The van der Waals surface area contributed by atoms with Crippen LogP contribution < -0.4 is 37.6 Å². The molecular weight excluding hydrogens is 1810 g/mol. The van der Waals surface area contributed by atoms with Crippen molar-refractivity contribution in [3.05, 3.63) is 50.6 Å². The molecule has 12 atom stereocenters. The summed E-state index contributed by atoms with van der Waals surface area (Å²) in [5.74, 6) is -2.91. The van der Waals surface area contributed by atoms with Crippen molar-refractivity contribution in [2.75, 3.05) is 98.9 Å². The molecule has 0 aliphatic rings. The summed E-state index contributed by atoms with van der Waals surface area (Å²) < 4.78 is 140. The lowest BCUT2D eigenvalue weighted by atomic mass is 10.0. The molecule has 0 bridgehead atoms. The number of hydrogen-bond donors (Lipinski definition) is 7. The van der Waals surface area contributed by atoms with Gasteiger partial charge in [0.15, 0.2) is 0 Å². The van der Waals surface area contributed by atoms with Crippen LogP contribution in [0.5, 0.6) is 0 Å². The number of amides is 6. The van der Waals surface area contributed by atoms with Crippen LogP contribution in [0.15, 0.2) is 50.6 Å². The Balaban J connectivity index is -0.00000216. The molecule has 784 valence electrons. The number of nitrogens with two attached hydrogens (primary N) is 1. The van der Waals surface area contributed by atoms with Gasteiger partial charge in [-0.05, 0) is 57.8 Å². The van der Waals surface area contributed by atoms with Gasteiger partial charge in [0.05, 0.1) is 103 Å². The molecule has 12 unspecified atom stereocenters. The van der Waals surface area contributed by atoms with E-state index < -0.39 is 85.6 Å². The molecule has 0 saturated carbocycles. The molecule has 6 amide bonds. The van der Waals surface area contributed by atoms with E-state index in [4.69, 9.17) is 79.0 Å². The van der Waals surface area contributed by atoms with Gasteiger partial charge in [0, 0.05) is 101 Å². The SMILES string of the molecule is C=CCOP(=O)(OCCC)OCC(CC(CCCCCCCCCC)OC(C)=O)NC(C)=O.C=CCOP(=O)(OCCN)OCC(CC(CCCCCCCCCC)OC(C)=O)NC(C)=O.C=CCOP(=O)(OCCNC(=O)NCCOP(=O)(OCC=C)OCC(CC(CCCCCCCCCC)OC(C)=O)NC(C)=O)OCC(CC(CCCCCCCCCC)OC(C)=O)NC(C)=O. The predicted octanol–water partition coefficient (Wildman–Crippen LogP) is 20.4. The maximum atomic E-state index is 13.6. The average Bonchev–Trinajstić information content (AvgIpc) is 0.889. The lowest BCUT2D eigenvalue weighted by Gasteiger charge is -2.26. The van der Waals surface area contributed by atoms with Crippen LogP contribution in [-0.2, 0) is 130 Å². The van der Waals surface area contributed by atoms with Crippen molar-refractivity contribution in [2.24, 2.45) is 5.73 Å². The van der Waals surface area contributed by atoms with Crippen LogP contribution in [0.1, 0.15) is 353 Å². The minimum Gasteiger partial charge on any atom is -0.462 e. The van der Waals surface area contributed by atoms with E-state index >= 15 is 0 Å². The molecule has 0 saturated heterocycles. The third-order valence-electron chi connectivity index (χ3n) is 19.9. The van der Waals surface area contributed by atoms with Crippen LogP contribution in [0.2, 0.25) is 0 Å². The number of rotatable bonds is 90. The Labute approximate surface area is 804 Å². The first-order valence-corrected chi connectivity index (χ1v) is 54.9. The Morgan fingerprint density at radius 2 is 0.478 bits per heavy atom. The maximum Gasteiger partial charge on any atom is 0.475 e. The Morgan fingerprint density at radius 3 is 0.664 bits per heavy atom. The third kappa shape index (κ3) is 85.6. The lowest BCUT2D eigenvalue weighted by molar-refractivity contribution is -0.148. The topological polar surface area (TPSA) is 468 Å². The summed E-state index contributed by atoms with van der Waals surface area (Å²) >= 11 is 0. The van der Waals surface area contributed by atoms with Crippen LogP contribution in [0, 0.1) is 0 Å². The summed E-state index contributed by atoms with van der Waals surface area (Å²) in [6.45, 7) is 34.0. The molecule has 0 aromatic rings. The number of urea groups is 1. The number of carbonyl (C=O) groups excluding carboxylic acids is 9. The zero-order valence-corrected chi connectivity index (χ0v) is 87.6. The number of esters is 4. The van der Waals surface area contributed by atoms with Gasteiger partial charge in [-0.3, -0.25) is 92.6 Å². The van der Waals surface area contributed by atoms with Gasteiger partial charge in [0.2, 0.25) is 23.6 Å². The fourth-order valence-corrected chi connectivity index (χ4v) is 18.6. The summed E-state index contributed by atoms with van der Waals surface area (Å²) in [6.07, 6.45) is 44.7. The van der Waals surface area contributed by atoms with Crippen LogP contribution in [0.25, 0.3) is 0 Å². The second kappa shape index (κ2) is 88.8. The zero-order valence-electron chi connectivity index (χ0n) is 84.1. The molecule has 0 rings (SSSR count). The molecular formula is C94H179N7O29P4. The quantitative estimate of drug-likeness (QED) is 0.00977. The second-order valence-electron chi connectivity index (χ2n) is 33.1. The van der Waals surface area contributed by atoms with Crippen LogP contribution in [0.3, 0.4) is 0 Å². The first kappa shape index (κ1) is 133. The summed E-state index contributed by atoms with van der Waals surface area (Å²) in [6, 6.07) is -3.11. The summed E-state index contributed by atoms with van der Waals surface area (Å²) in [7, 11) is -16.2. The van der Waals surface area contributed by atoms with Gasteiger partial charge in [-0.25, -0.2) is 23.1 Å². The number of phosphoric ester groups is 4. The molecule has 0 aromatic carbocycles. The zero-order chi connectivity index (χ0) is 101. The van der Waals surface area contributed by atoms with E-state index in [-0.39, 0.29) is 160 Å². The predicted molar refractivity (Wildman–Crippen MR) is 523 cm³/mol. The maximum absolute atomic E-state index is 13.6. The summed E-state index contributed by atoms with van der Waals surface area (Å²) in [4.78, 5) is 107. The number of nitrogens with one attached hydrogen (secondary N) is 6. The minimum atomic E-state index is -4.24. The van der Waals surface area contributed by atoms with Crippen LogP contribution in [-0.4, -0.2) is 201 Å². The summed E-state index contributed by atoms with van der Waals surface area (Å²) in [5, 5.41) is 16.1. The highest BCUT2D eigenvalue weighted by molar-refractivity contribution is 7.49. The lowest BCUT2D eigenvalue weighted by Crippen LogP contribution is -2.40. The van der Waals surface area contributed by atoms with Gasteiger partial charge in [-0.15, -0.1) is 26.3 Å². The number of carbonyl (C=O) groups is 9. The molecule has 0 aliphatic heterocycles. The van der Waals surface area contributed by atoms with Crippen LogP contribution >= 0.6 is 31.3 Å². The minimum absolute atomic E-state index is 0.00621. The molecule has 134 heavy (non-hydrogen) atoms. The van der Waals surface area contributed by atoms with Gasteiger partial charge < -0.3 is 56.6 Å². The van der Waals surface area contributed by atoms with Crippen molar-refractivity contribution in [1.82, 2.24) is 31.9 Å². The highest BCUT2D eigenvalue weighted by Crippen LogP contribution is 2.52. The largest absolute Gasteiger partial charge is 0.475 e. The number of hydrogen-bond acceptors (Lipinski definition) is 30. The van der Waals surface area contributed by atoms with Crippen molar-refractivity contribution >= 4 is 84.8 Å². The molecule has 0 aliphatic carbocycles. The molecule has 8 N–H and O–H groups in total. The van der Waals surface area contributed by atoms with E-state index in [0.29, 0.717) is 44.9 Å². The average molecular weight is 2000 g/mol. The Kier molecular flexibility index (Phi) is 87.8. The van der Waals surface area contributed by atoms with Gasteiger partial charge in [-0.2, -0.15) is 0 Å². The number of ether oxygens (including phenoxy) is 4. The van der Waals surface area contributed by atoms with E-state index in [9.17, 15) is 61.4 Å². The van der Waals surface area contributed by atoms with Gasteiger partial charge in [-0.1, -0.05) is 239 Å². The number of phosphoric acid groups is 4. The van der Waals surface area contributed by atoms with Gasteiger partial charge >= 0.3 is 61.2 Å². The first-order chi connectivity index (χ1) is 64.0. The molecule has 0 spiro atoms.